The first-order chi connectivity index (χ1) is 12.8. The van der Waals surface area contributed by atoms with Crippen LogP contribution in [0.15, 0.2) is 6.07 Å². The summed E-state index contributed by atoms with van der Waals surface area (Å²) in [7, 11) is -3.18. The van der Waals surface area contributed by atoms with E-state index in [9.17, 15) is 13.2 Å². The highest BCUT2D eigenvalue weighted by atomic mass is 32.2. The molecule has 3 rings (SSSR count). The van der Waals surface area contributed by atoms with E-state index in [2.05, 4.69) is 20.2 Å². The molecule has 2 aliphatic rings. The number of ether oxygens (including phenoxy) is 1. The van der Waals surface area contributed by atoms with E-state index >= 15 is 0 Å². The summed E-state index contributed by atoms with van der Waals surface area (Å²) < 4.78 is 29.9. The maximum atomic E-state index is 12.4. The molecular weight excluding hydrogens is 370 g/mol. The number of nitrogens with zero attached hydrogens (tertiary/aromatic N) is 4. The molecule has 0 aliphatic carbocycles. The third-order valence-corrected chi connectivity index (χ3v) is 6.24. The summed E-state index contributed by atoms with van der Waals surface area (Å²) in [6.07, 6.45) is 2.27. The molecule has 3 heterocycles. The number of amides is 1. The molecule has 2 aliphatic heterocycles. The van der Waals surface area contributed by atoms with Gasteiger partial charge in [-0.2, -0.15) is 0 Å². The van der Waals surface area contributed by atoms with Crippen LogP contribution in [0.25, 0.3) is 0 Å². The van der Waals surface area contributed by atoms with Crippen LogP contribution in [0.1, 0.15) is 24.4 Å². The van der Waals surface area contributed by atoms with Gasteiger partial charge in [-0.1, -0.05) is 0 Å². The number of sulfonamides is 1. The molecule has 150 valence electrons. The second-order valence-corrected chi connectivity index (χ2v) is 9.02. The van der Waals surface area contributed by atoms with Crippen LogP contribution in [0.3, 0.4) is 0 Å². The summed E-state index contributed by atoms with van der Waals surface area (Å²) in [5.74, 6) is 1.20. The van der Waals surface area contributed by atoms with Crippen molar-refractivity contribution in [3.05, 3.63) is 17.6 Å². The van der Waals surface area contributed by atoms with Crippen LogP contribution in [0.2, 0.25) is 0 Å². The molecule has 2 saturated heterocycles. The van der Waals surface area contributed by atoms with E-state index in [1.54, 1.807) is 0 Å². The molecule has 0 radical (unpaired) electrons. The Balaban J connectivity index is 1.55. The zero-order valence-electron chi connectivity index (χ0n) is 15.8. The minimum atomic E-state index is -3.18. The van der Waals surface area contributed by atoms with E-state index in [0.717, 1.165) is 24.6 Å². The van der Waals surface area contributed by atoms with Crippen molar-refractivity contribution in [2.24, 2.45) is 5.92 Å². The van der Waals surface area contributed by atoms with Gasteiger partial charge in [-0.3, -0.25) is 4.79 Å². The van der Waals surface area contributed by atoms with Crippen LogP contribution in [0, 0.1) is 12.8 Å². The number of anilines is 1. The quantitative estimate of drug-likeness (QED) is 0.740. The van der Waals surface area contributed by atoms with Gasteiger partial charge in [-0.25, -0.2) is 22.7 Å². The van der Waals surface area contributed by atoms with Crippen LogP contribution in [0.5, 0.6) is 0 Å². The number of morpholine rings is 1. The SMILES string of the molecule is Cc1cc(N2CCOCC2)nc(CNC(=O)C2CCN(S(C)(=O)=O)CC2)n1. The van der Waals surface area contributed by atoms with Crippen LogP contribution in [-0.2, 0) is 26.1 Å². The van der Waals surface area contributed by atoms with Crippen molar-refractivity contribution in [3.8, 4) is 0 Å². The second-order valence-electron chi connectivity index (χ2n) is 7.04. The smallest absolute Gasteiger partial charge is 0.223 e. The number of carbonyl (C=O) groups excluding carboxylic acids is 1. The number of hydrogen-bond acceptors (Lipinski definition) is 7. The van der Waals surface area contributed by atoms with E-state index in [-0.39, 0.29) is 18.4 Å². The number of aryl methyl sites for hydroxylation is 1. The van der Waals surface area contributed by atoms with Crippen molar-refractivity contribution >= 4 is 21.7 Å². The van der Waals surface area contributed by atoms with Gasteiger partial charge in [0.25, 0.3) is 0 Å². The molecule has 0 saturated carbocycles. The van der Waals surface area contributed by atoms with E-state index in [0.29, 0.717) is 45.0 Å². The summed E-state index contributed by atoms with van der Waals surface area (Å²) in [6.45, 7) is 5.91. The zero-order valence-corrected chi connectivity index (χ0v) is 16.7. The van der Waals surface area contributed by atoms with Gasteiger partial charge in [-0.05, 0) is 19.8 Å². The van der Waals surface area contributed by atoms with Gasteiger partial charge in [0.15, 0.2) is 0 Å². The Morgan fingerprint density at radius 3 is 2.52 bits per heavy atom. The lowest BCUT2D eigenvalue weighted by Gasteiger charge is -2.29. The monoisotopic (exact) mass is 397 g/mol. The molecule has 9 nitrogen and oxygen atoms in total. The summed E-state index contributed by atoms with van der Waals surface area (Å²) in [5.41, 5.74) is 0.859. The first-order valence-corrected chi connectivity index (χ1v) is 11.1. The van der Waals surface area contributed by atoms with Crippen molar-refractivity contribution in [2.45, 2.75) is 26.3 Å². The summed E-state index contributed by atoms with van der Waals surface area (Å²) in [5, 5.41) is 2.90. The van der Waals surface area contributed by atoms with Gasteiger partial charge < -0.3 is 15.0 Å². The molecule has 1 aromatic heterocycles. The number of piperidine rings is 1. The Morgan fingerprint density at radius 1 is 1.22 bits per heavy atom. The van der Waals surface area contributed by atoms with Crippen LogP contribution in [0.4, 0.5) is 5.82 Å². The van der Waals surface area contributed by atoms with Crippen LogP contribution < -0.4 is 10.2 Å². The van der Waals surface area contributed by atoms with Gasteiger partial charge in [0.1, 0.15) is 11.6 Å². The standard InChI is InChI=1S/C17H27N5O4S/c1-13-11-16(21-7-9-26-10-8-21)20-15(19-13)12-18-17(23)14-3-5-22(6-4-14)27(2,24)25/h11,14H,3-10,12H2,1-2H3,(H,18,23). The van der Waals surface area contributed by atoms with Crippen molar-refractivity contribution in [1.82, 2.24) is 19.6 Å². The number of carbonyl (C=O) groups is 1. The number of rotatable bonds is 5. The molecule has 0 unspecified atom stereocenters. The molecular formula is C17H27N5O4S. The van der Waals surface area contributed by atoms with Crippen molar-refractivity contribution in [3.63, 3.8) is 0 Å². The third kappa shape index (κ3) is 5.36. The number of aromatic nitrogens is 2. The summed E-state index contributed by atoms with van der Waals surface area (Å²) in [6, 6.07) is 1.94. The largest absolute Gasteiger partial charge is 0.378 e. The highest BCUT2D eigenvalue weighted by Crippen LogP contribution is 2.19. The summed E-state index contributed by atoms with van der Waals surface area (Å²) in [4.78, 5) is 23.6. The van der Waals surface area contributed by atoms with Gasteiger partial charge in [-0.15, -0.1) is 0 Å². The fourth-order valence-electron chi connectivity index (χ4n) is 3.41. The molecule has 0 bridgehead atoms. The summed E-state index contributed by atoms with van der Waals surface area (Å²) >= 11 is 0. The molecule has 0 spiro atoms. The molecule has 1 aromatic rings. The van der Waals surface area contributed by atoms with E-state index in [1.165, 1.54) is 10.6 Å². The molecule has 0 atom stereocenters. The number of hydrogen-bond donors (Lipinski definition) is 1. The lowest BCUT2D eigenvalue weighted by molar-refractivity contribution is -0.126. The first kappa shape index (κ1) is 20.0. The maximum absolute atomic E-state index is 12.4. The Morgan fingerprint density at radius 2 is 1.89 bits per heavy atom. The minimum absolute atomic E-state index is 0.0684. The normalized spacial score (nSPS) is 19.9. The van der Waals surface area contributed by atoms with Crippen molar-refractivity contribution in [1.29, 1.82) is 0 Å². The van der Waals surface area contributed by atoms with Crippen molar-refractivity contribution in [2.75, 3.05) is 50.5 Å². The maximum Gasteiger partial charge on any atom is 0.223 e. The second kappa shape index (κ2) is 8.49. The van der Waals surface area contributed by atoms with Gasteiger partial charge >= 0.3 is 0 Å². The molecule has 2 fully saturated rings. The molecule has 1 N–H and O–H groups in total. The molecule has 27 heavy (non-hydrogen) atoms. The first-order valence-electron chi connectivity index (χ1n) is 9.23. The van der Waals surface area contributed by atoms with Crippen LogP contribution in [-0.4, -0.2) is 74.2 Å². The average Bonchev–Trinajstić information content (AvgIpc) is 2.66. The Hall–Kier alpha value is -1.78. The lowest BCUT2D eigenvalue weighted by atomic mass is 9.97. The van der Waals surface area contributed by atoms with Gasteiger partial charge in [0.2, 0.25) is 15.9 Å². The predicted octanol–water partition coefficient (Wildman–Crippen LogP) is -0.0906. The predicted molar refractivity (Wildman–Crippen MR) is 101 cm³/mol. The highest BCUT2D eigenvalue weighted by Gasteiger charge is 2.28. The van der Waals surface area contributed by atoms with Gasteiger partial charge in [0.05, 0.1) is 26.0 Å². The molecule has 10 heteroatoms. The minimum Gasteiger partial charge on any atom is -0.378 e. The fourth-order valence-corrected chi connectivity index (χ4v) is 4.28. The van der Waals surface area contributed by atoms with E-state index in [4.69, 9.17) is 4.74 Å². The third-order valence-electron chi connectivity index (χ3n) is 4.94. The average molecular weight is 398 g/mol. The highest BCUT2D eigenvalue weighted by molar-refractivity contribution is 7.88. The Bertz CT molecular complexity index is 772. The molecule has 0 aromatic carbocycles. The fraction of sp³-hybridized carbons (Fsp3) is 0.706. The van der Waals surface area contributed by atoms with Crippen LogP contribution >= 0.6 is 0 Å². The lowest BCUT2D eigenvalue weighted by Crippen LogP contribution is -2.42. The van der Waals surface area contributed by atoms with E-state index in [1.807, 2.05) is 13.0 Å². The molecule has 1 amide bonds. The zero-order chi connectivity index (χ0) is 19.4. The van der Waals surface area contributed by atoms with Gasteiger partial charge in [0, 0.05) is 43.9 Å². The number of nitrogens with one attached hydrogen (secondary N) is 1. The topological polar surface area (TPSA) is 105 Å². The van der Waals surface area contributed by atoms with Crippen molar-refractivity contribution < 1.29 is 17.9 Å². The Kier molecular flexibility index (Phi) is 6.28. The Labute approximate surface area is 160 Å². The van der Waals surface area contributed by atoms with E-state index < -0.39 is 10.0 Å².